The average molecular weight is 233 g/mol. The van der Waals surface area contributed by atoms with Crippen molar-refractivity contribution >= 4 is 23.5 Å². The molecule has 0 heterocycles. The van der Waals surface area contributed by atoms with Crippen LogP contribution in [0.25, 0.3) is 0 Å². The van der Waals surface area contributed by atoms with Crippen LogP contribution in [0, 0.1) is 5.92 Å². The molecule has 15 heavy (non-hydrogen) atoms. The van der Waals surface area contributed by atoms with Crippen molar-refractivity contribution in [1.29, 1.82) is 0 Å². The van der Waals surface area contributed by atoms with Gasteiger partial charge in [0.2, 0.25) is 5.91 Å². The number of nitrogens with zero attached hydrogens (tertiary/aromatic N) is 1. The first kappa shape index (κ1) is 14.1. The summed E-state index contributed by atoms with van der Waals surface area (Å²) < 4.78 is 0. The Balaban J connectivity index is 4.28. The maximum absolute atomic E-state index is 11.7. The van der Waals surface area contributed by atoms with E-state index in [4.69, 9.17) is 10.9 Å². The number of amides is 1. The van der Waals surface area contributed by atoms with E-state index in [-0.39, 0.29) is 17.8 Å². The van der Waals surface area contributed by atoms with Crippen molar-refractivity contribution < 1.29 is 10.0 Å². The van der Waals surface area contributed by atoms with Gasteiger partial charge in [-0.25, -0.2) is 0 Å². The molecule has 0 aromatic rings. The van der Waals surface area contributed by atoms with Crippen molar-refractivity contribution in [3.8, 4) is 0 Å². The minimum absolute atomic E-state index is 0.0358. The summed E-state index contributed by atoms with van der Waals surface area (Å²) >= 11 is 1.66. The summed E-state index contributed by atoms with van der Waals surface area (Å²) in [4.78, 5) is 11.7. The van der Waals surface area contributed by atoms with Crippen LogP contribution >= 0.6 is 11.8 Å². The highest BCUT2D eigenvalue weighted by Gasteiger charge is 2.22. The van der Waals surface area contributed by atoms with Crippen LogP contribution in [0.3, 0.4) is 0 Å². The molecule has 0 aliphatic rings. The van der Waals surface area contributed by atoms with Crippen molar-refractivity contribution in [3.05, 3.63) is 0 Å². The number of carbonyl (C=O) groups is 1. The molecule has 0 bridgehead atoms. The Morgan fingerprint density at radius 2 is 2.27 bits per heavy atom. The molecule has 0 aromatic carbocycles. The summed E-state index contributed by atoms with van der Waals surface area (Å²) in [7, 11) is 0. The second-order valence-electron chi connectivity index (χ2n) is 3.35. The van der Waals surface area contributed by atoms with E-state index in [1.165, 1.54) is 0 Å². The Morgan fingerprint density at radius 1 is 1.67 bits per heavy atom. The summed E-state index contributed by atoms with van der Waals surface area (Å²) in [6, 6.07) is 0.0908. The van der Waals surface area contributed by atoms with Crippen LogP contribution in [-0.2, 0) is 4.79 Å². The number of rotatable bonds is 6. The van der Waals surface area contributed by atoms with Crippen molar-refractivity contribution in [2.45, 2.75) is 26.3 Å². The van der Waals surface area contributed by atoms with Gasteiger partial charge in [-0.15, -0.1) is 0 Å². The van der Waals surface area contributed by atoms with Crippen molar-refractivity contribution in [1.82, 2.24) is 5.32 Å². The Bertz CT molecular complexity index is 233. The van der Waals surface area contributed by atoms with Crippen molar-refractivity contribution in [2.24, 2.45) is 16.8 Å². The van der Waals surface area contributed by atoms with E-state index < -0.39 is 5.92 Å². The van der Waals surface area contributed by atoms with E-state index in [9.17, 15) is 4.79 Å². The molecule has 0 saturated heterocycles. The summed E-state index contributed by atoms with van der Waals surface area (Å²) in [5.74, 6) is 0.0817. The first-order chi connectivity index (χ1) is 7.06. The highest BCUT2D eigenvalue weighted by Crippen LogP contribution is 2.04. The van der Waals surface area contributed by atoms with Gasteiger partial charge in [0.25, 0.3) is 0 Å². The molecule has 6 heteroatoms. The monoisotopic (exact) mass is 233 g/mol. The number of nitrogens with two attached hydrogens (primary N) is 1. The molecule has 2 unspecified atom stereocenters. The molecule has 0 aliphatic heterocycles. The second kappa shape index (κ2) is 7.39. The van der Waals surface area contributed by atoms with Crippen molar-refractivity contribution in [3.63, 3.8) is 0 Å². The molecular weight excluding hydrogens is 214 g/mol. The Kier molecular flexibility index (Phi) is 6.94. The highest BCUT2D eigenvalue weighted by atomic mass is 32.2. The minimum Gasteiger partial charge on any atom is -0.409 e. The SMILES string of the molecule is CCC(C(=O)NC(C)CSC)C(N)=NO. The standard InChI is InChI=1S/C9H19N3O2S/c1-4-7(8(10)12-14)9(13)11-6(2)5-15-3/h6-7,14H,4-5H2,1-3H3,(H2,10,12)(H,11,13). The van der Waals surface area contributed by atoms with E-state index >= 15 is 0 Å². The highest BCUT2D eigenvalue weighted by molar-refractivity contribution is 7.98. The Labute approximate surface area is 94.5 Å². The molecule has 0 aliphatic carbocycles. The fraction of sp³-hybridized carbons (Fsp3) is 0.778. The van der Waals surface area contributed by atoms with Crippen LogP contribution in [0.4, 0.5) is 0 Å². The molecule has 4 N–H and O–H groups in total. The van der Waals surface area contributed by atoms with E-state index in [1.807, 2.05) is 20.1 Å². The zero-order valence-electron chi connectivity index (χ0n) is 9.36. The lowest BCUT2D eigenvalue weighted by molar-refractivity contribution is -0.123. The molecule has 0 rings (SSSR count). The first-order valence-corrected chi connectivity index (χ1v) is 6.22. The first-order valence-electron chi connectivity index (χ1n) is 4.83. The van der Waals surface area contributed by atoms with Crippen LogP contribution in [0.5, 0.6) is 0 Å². The molecule has 0 spiro atoms. The van der Waals surface area contributed by atoms with Gasteiger partial charge in [0.15, 0.2) is 5.84 Å². The molecule has 0 saturated carbocycles. The van der Waals surface area contributed by atoms with Gasteiger partial charge in [0.1, 0.15) is 0 Å². The van der Waals surface area contributed by atoms with Crippen molar-refractivity contribution in [2.75, 3.05) is 12.0 Å². The number of hydrogen-bond acceptors (Lipinski definition) is 4. The third kappa shape index (κ3) is 4.92. The van der Waals surface area contributed by atoms with Gasteiger partial charge in [0, 0.05) is 11.8 Å². The lowest BCUT2D eigenvalue weighted by Gasteiger charge is -2.17. The van der Waals surface area contributed by atoms with Crippen LogP contribution < -0.4 is 11.1 Å². The molecule has 0 aromatic heterocycles. The van der Waals surface area contributed by atoms with Gasteiger partial charge in [0.05, 0.1) is 5.92 Å². The largest absolute Gasteiger partial charge is 0.409 e. The Morgan fingerprint density at radius 3 is 2.67 bits per heavy atom. The molecule has 0 fully saturated rings. The summed E-state index contributed by atoms with van der Waals surface area (Å²) in [6.45, 7) is 3.74. The van der Waals surface area contributed by atoms with E-state index in [0.717, 1.165) is 5.75 Å². The quantitative estimate of drug-likeness (QED) is 0.272. The van der Waals surface area contributed by atoms with Gasteiger partial charge in [-0.2, -0.15) is 11.8 Å². The second-order valence-corrected chi connectivity index (χ2v) is 4.26. The minimum atomic E-state index is -0.542. The molecule has 1 amide bonds. The number of hydrogen-bond donors (Lipinski definition) is 3. The number of thioether (sulfide) groups is 1. The molecule has 2 atom stereocenters. The third-order valence-corrected chi connectivity index (χ3v) is 2.84. The van der Waals surface area contributed by atoms with Gasteiger partial charge in [-0.1, -0.05) is 12.1 Å². The molecular formula is C9H19N3O2S. The topological polar surface area (TPSA) is 87.7 Å². The Hall–Kier alpha value is -0.910. The number of oxime groups is 1. The van der Waals surface area contributed by atoms with Crippen LogP contribution in [-0.4, -0.2) is 35.0 Å². The lowest BCUT2D eigenvalue weighted by atomic mass is 10.0. The van der Waals surface area contributed by atoms with Gasteiger partial charge >= 0.3 is 0 Å². The third-order valence-electron chi connectivity index (χ3n) is 2.00. The van der Waals surface area contributed by atoms with Gasteiger partial charge < -0.3 is 16.3 Å². The predicted molar refractivity (Wildman–Crippen MR) is 63.2 cm³/mol. The normalized spacial score (nSPS) is 15.8. The predicted octanol–water partition coefficient (Wildman–Crippen LogP) is 0.627. The maximum atomic E-state index is 11.7. The average Bonchev–Trinajstić information content (AvgIpc) is 2.18. The van der Waals surface area contributed by atoms with Crippen LogP contribution in [0.2, 0.25) is 0 Å². The fourth-order valence-electron chi connectivity index (χ4n) is 1.23. The van der Waals surface area contributed by atoms with E-state index in [2.05, 4.69) is 10.5 Å². The van der Waals surface area contributed by atoms with Gasteiger partial charge in [-0.3, -0.25) is 4.79 Å². The zero-order chi connectivity index (χ0) is 11.8. The summed E-state index contributed by atoms with van der Waals surface area (Å²) in [5, 5.41) is 14.2. The fourth-order valence-corrected chi connectivity index (χ4v) is 1.82. The summed E-state index contributed by atoms with van der Waals surface area (Å²) in [5.41, 5.74) is 5.41. The maximum Gasteiger partial charge on any atom is 0.231 e. The lowest BCUT2D eigenvalue weighted by Crippen LogP contribution is -2.43. The summed E-state index contributed by atoms with van der Waals surface area (Å²) in [6.07, 6.45) is 2.50. The molecule has 5 nitrogen and oxygen atoms in total. The van der Waals surface area contributed by atoms with Crippen LogP contribution in [0.1, 0.15) is 20.3 Å². The number of carbonyl (C=O) groups excluding carboxylic acids is 1. The molecule has 88 valence electrons. The van der Waals surface area contributed by atoms with E-state index in [0.29, 0.717) is 6.42 Å². The smallest absolute Gasteiger partial charge is 0.231 e. The number of amidine groups is 1. The van der Waals surface area contributed by atoms with Gasteiger partial charge in [-0.05, 0) is 19.6 Å². The van der Waals surface area contributed by atoms with Crippen LogP contribution in [0.15, 0.2) is 5.16 Å². The van der Waals surface area contributed by atoms with E-state index in [1.54, 1.807) is 11.8 Å². The molecule has 0 radical (unpaired) electrons. The zero-order valence-corrected chi connectivity index (χ0v) is 10.2. The number of nitrogens with one attached hydrogen (secondary N) is 1.